The van der Waals surface area contributed by atoms with Crippen molar-refractivity contribution >= 4 is 11.6 Å². The maximum atomic E-state index is 13.3. The van der Waals surface area contributed by atoms with Gasteiger partial charge in [0.2, 0.25) is 0 Å². The molecule has 3 aromatic rings. The SMILES string of the molecule is CCCCCCn1c(C)cc(=O)c(C(=O)Nc2ccccc2C)c1-c1ccncc1. The molecule has 5 heteroatoms. The summed E-state index contributed by atoms with van der Waals surface area (Å²) in [5, 5.41) is 2.93. The van der Waals surface area contributed by atoms with Crippen molar-refractivity contribution in [1.82, 2.24) is 9.55 Å². The van der Waals surface area contributed by atoms with Crippen LogP contribution < -0.4 is 10.7 Å². The first-order valence-corrected chi connectivity index (χ1v) is 10.5. The fourth-order valence-electron chi connectivity index (χ4n) is 3.68. The summed E-state index contributed by atoms with van der Waals surface area (Å²) in [4.78, 5) is 30.4. The number of carbonyl (C=O) groups is 1. The van der Waals surface area contributed by atoms with E-state index in [9.17, 15) is 9.59 Å². The normalized spacial score (nSPS) is 10.8. The third kappa shape index (κ3) is 4.85. The number of aromatic nitrogens is 2. The number of para-hydroxylation sites is 1. The second-order valence-corrected chi connectivity index (χ2v) is 7.59. The number of amides is 1. The van der Waals surface area contributed by atoms with Gasteiger partial charge in [0.15, 0.2) is 5.43 Å². The van der Waals surface area contributed by atoms with Gasteiger partial charge in [-0.25, -0.2) is 0 Å². The average molecular weight is 404 g/mol. The number of aryl methyl sites for hydroxylation is 2. The van der Waals surface area contributed by atoms with Gasteiger partial charge in [-0.2, -0.15) is 0 Å². The molecule has 1 amide bonds. The van der Waals surface area contributed by atoms with Gasteiger partial charge in [-0.05, 0) is 44.0 Å². The molecule has 156 valence electrons. The van der Waals surface area contributed by atoms with E-state index in [4.69, 9.17) is 0 Å². The molecular formula is C25H29N3O2. The lowest BCUT2D eigenvalue weighted by Gasteiger charge is -2.20. The topological polar surface area (TPSA) is 64.0 Å². The highest BCUT2D eigenvalue weighted by molar-refractivity contribution is 6.08. The van der Waals surface area contributed by atoms with Crippen LogP contribution in [0.4, 0.5) is 5.69 Å². The maximum Gasteiger partial charge on any atom is 0.261 e. The quantitative estimate of drug-likeness (QED) is 0.515. The molecule has 1 N–H and O–H groups in total. The number of pyridine rings is 2. The largest absolute Gasteiger partial charge is 0.344 e. The molecule has 0 spiro atoms. The summed E-state index contributed by atoms with van der Waals surface area (Å²) in [7, 11) is 0. The van der Waals surface area contributed by atoms with Gasteiger partial charge in [0.1, 0.15) is 5.56 Å². The summed E-state index contributed by atoms with van der Waals surface area (Å²) in [6.07, 6.45) is 7.81. The van der Waals surface area contributed by atoms with Gasteiger partial charge < -0.3 is 9.88 Å². The van der Waals surface area contributed by atoms with Crippen molar-refractivity contribution in [1.29, 1.82) is 0 Å². The molecule has 0 radical (unpaired) electrons. The van der Waals surface area contributed by atoms with E-state index >= 15 is 0 Å². The van der Waals surface area contributed by atoms with E-state index in [-0.39, 0.29) is 16.9 Å². The number of rotatable bonds is 8. The summed E-state index contributed by atoms with van der Waals surface area (Å²) in [6, 6.07) is 12.8. The summed E-state index contributed by atoms with van der Waals surface area (Å²) in [5.74, 6) is -0.386. The molecule has 5 nitrogen and oxygen atoms in total. The van der Waals surface area contributed by atoms with Crippen LogP contribution in [0.5, 0.6) is 0 Å². The van der Waals surface area contributed by atoms with Gasteiger partial charge in [-0.1, -0.05) is 44.4 Å². The Labute approximate surface area is 177 Å². The van der Waals surface area contributed by atoms with Crippen LogP contribution in [0.2, 0.25) is 0 Å². The van der Waals surface area contributed by atoms with Crippen molar-refractivity contribution in [3.05, 3.63) is 81.9 Å². The van der Waals surface area contributed by atoms with E-state index in [2.05, 4.69) is 21.8 Å². The van der Waals surface area contributed by atoms with Crippen LogP contribution in [0.15, 0.2) is 59.7 Å². The molecule has 0 saturated carbocycles. The smallest absolute Gasteiger partial charge is 0.261 e. The van der Waals surface area contributed by atoms with Gasteiger partial charge in [0.05, 0.1) is 5.69 Å². The zero-order valence-corrected chi connectivity index (χ0v) is 17.9. The number of hydrogen-bond acceptors (Lipinski definition) is 3. The minimum atomic E-state index is -0.386. The summed E-state index contributed by atoms with van der Waals surface area (Å²) in [5.41, 5.74) is 3.89. The number of carbonyl (C=O) groups excluding carboxylic acids is 1. The molecule has 30 heavy (non-hydrogen) atoms. The fraction of sp³-hybridized carbons (Fsp3) is 0.320. The highest BCUT2D eigenvalue weighted by Gasteiger charge is 2.22. The molecule has 0 aliphatic carbocycles. The number of hydrogen-bond donors (Lipinski definition) is 1. The summed E-state index contributed by atoms with van der Waals surface area (Å²) in [6.45, 7) is 6.80. The Hall–Kier alpha value is -3.21. The van der Waals surface area contributed by atoms with E-state index in [1.54, 1.807) is 18.5 Å². The molecule has 0 saturated heterocycles. The maximum absolute atomic E-state index is 13.3. The highest BCUT2D eigenvalue weighted by Crippen LogP contribution is 2.25. The van der Waals surface area contributed by atoms with Crippen LogP contribution in [0.1, 0.15) is 54.2 Å². The van der Waals surface area contributed by atoms with E-state index in [1.807, 2.05) is 50.2 Å². The highest BCUT2D eigenvalue weighted by atomic mass is 16.2. The molecule has 1 aromatic carbocycles. The van der Waals surface area contributed by atoms with Crippen molar-refractivity contribution in [2.24, 2.45) is 0 Å². The molecule has 0 unspecified atom stereocenters. The predicted octanol–water partition coefficient (Wildman–Crippen LogP) is 5.36. The molecule has 0 atom stereocenters. The Kier molecular flexibility index (Phi) is 7.17. The van der Waals surface area contributed by atoms with Crippen LogP contribution in [-0.4, -0.2) is 15.5 Å². The first-order chi connectivity index (χ1) is 14.5. The molecule has 0 aliphatic rings. The van der Waals surface area contributed by atoms with Crippen LogP contribution in [0.3, 0.4) is 0 Å². The van der Waals surface area contributed by atoms with E-state index in [0.29, 0.717) is 11.4 Å². The summed E-state index contributed by atoms with van der Waals surface area (Å²) >= 11 is 0. The van der Waals surface area contributed by atoms with Gasteiger partial charge in [-0.3, -0.25) is 14.6 Å². The number of nitrogens with zero attached hydrogens (tertiary/aromatic N) is 2. The third-order valence-electron chi connectivity index (χ3n) is 5.33. The minimum Gasteiger partial charge on any atom is -0.344 e. The second-order valence-electron chi connectivity index (χ2n) is 7.59. The molecule has 0 aliphatic heterocycles. The lowest BCUT2D eigenvalue weighted by atomic mass is 10.0. The fourth-order valence-corrected chi connectivity index (χ4v) is 3.68. The van der Waals surface area contributed by atoms with Gasteiger partial charge in [0, 0.05) is 41.9 Å². The standard InChI is InChI=1S/C25H29N3O2/c1-4-5-6-9-16-28-19(3)17-22(29)23(24(28)20-12-14-26-15-13-20)25(30)27-21-11-8-7-10-18(21)2/h7-8,10-15,17H,4-6,9,16H2,1-3H3,(H,27,30). The lowest BCUT2D eigenvalue weighted by Crippen LogP contribution is -2.27. The molecule has 2 heterocycles. The van der Waals surface area contributed by atoms with Crippen molar-refractivity contribution < 1.29 is 4.79 Å². The monoisotopic (exact) mass is 403 g/mol. The number of anilines is 1. The van der Waals surface area contributed by atoms with Crippen molar-refractivity contribution in [2.75, 3.05) is 5.32 Å². The molecule has 3 rings (SSSR count). The molecule has 0 bridgehead atoms. The van der Waals surface area contributed by atoms with E-state index < -0.39 is 0 Å². The number of unbranched alkanes of at least 4 members (excludes halogenated alkanes) is 3. The summed E-state index contributed by atoms with van der Waals surface area (Å²) < 4.78 is 2.10. The molecular weight excluding hydrogens is 374 g/mol. The van der Waals surface area contributed by atoms with Gasteiger partial charge >= 0.3 is 0 Å². The van der Waals surface area contributed by atoms with Crippen molar-refractivity contribution in [2.45, 2.75) is 53.0 Å². The predicted molar refractivity (Wildman–Crippen MR) is 122 cm³/mol. The Balaban J connectivity index is 2.10. The van der Waals surface area contributed by atoms with Gasteiger partial charge in [0.25, 0.3) is 5.91 Å². The van der Waals surface area contributed by atoms with E-state index in [1.165, 1.54) is 6.42 Å². The number of benzene rings is 1. The Morgan fingerprint density at radius 3 is 2.47 bits per heavy atom. The molecule has 2 aromatic heterocycles. The Morgan fingerprint density at radius 2 is 1.77 bits per heavy atom. The average Bonchev–Trinajstić information content (AvgIpc) is 2.74. The van der Waals surface area contributed by atoms with E-state index in [0.717, 1.165) is 42.6 Å². The number of nitrogens with one attached hydrogen (secondary N) is 1. The molecule has 0 fully saturated rings. The minimum absolute atomic E-state index is 0.172. The zero-order valence-electron chi connectivity index (χ0n) is 17.9. The van der Waals surface area contributed by atoms with Crippen LogP contribution in [0.25, 0.3) is 11.3 Å². The lowest BCUT2D eigenvalue weighted by molar-refractivity contribution is 0.102. The van der Waals surface area contributed by atoms with Gasteiger partial charge in [-0.15, -0.1) is 0 Å². The zero-order chi connectivity index (χ0) is 21.5. The van der Waals surface area contributed by atoms with Crippen molar-refractivity contribution in [3.63, 3.8) is 0 Å². The third-order valence-corrected chi connectivity index (χ3v) is 5.33. The van der Waals surface area contributed by atoms with Crippen LogP contribution in [-0.2, 0) is 6.54 Å². The van der Waals surface area contributed by atoms with Crippen LogP contribution in [0, 0.1) is 13.8 Å². The Bertz CT molecular complexity index is 1070. The van der Waals surface area contributed by atoms with Crippen molar-refractivity contribution in [3.8, 4) is 11.3 Å². The first-order valence-electron chi connectivity index (χ1n) is 10.5. The second kappa shape index (κ2) is 10.0. The Morgan fingerprint density at radius 1 is 1.03 bits per heavy atom. The van der Waals surface area contributed by atoms with Crippen LogP contribution >= 0.6 is 0 Å². The first kappa shape index (κ1) is 21.5.